The molecule has 0 aliphatic carbocycles. The number of aryl methyl sites for hydroxylation is 1. The molecule has 0 atom stereocenters. The molecule has 1 N–H and O–H groups in total. The molecule has 41 heavy (non-hydrogen) atoms. The lowest BCUT2D eigenvalue weighted by Gasteiger charge is -2.17. The van der Waals surface area contributed by atoms with Crippen LogP contribution in [0.15, 0.2) is 65.6 Å². The fourth-order valence-corrected chi connectivity index (χ4v) is 5.29. The molecule has 214 valence electrons. The van der Waals surface area contributed by atoms with Gasteiger partial charge in [0.25, 0.3) is 17.1 Å². The molecular weight excluding hydrogens is 564 g/mol. The summed E-state index contributed by atoms with van der Waals surface area (Å²) in [4.78, 5) is 39.4. The summed E-state index contributed by atoms with van der Waals surface area (Å²) in [5.41, 5.74) is 3.32. The summed E-state index contributed by atoms with van der Waals surface area (Å²) in [6.45, 7) is 6.17. The summed E-state index contributed by atoms with van der Waals surface area (Å²) < 4.78 is 17.0. The zero-order valence-corrected chi connectivity index (χ0v) is 24.8. The Kier molecular flexibility index (Phi) is 9.96. The van der Waals surface area contributed by atoms with Crippen LogP contribution >= 0.6 is 23.4 Å². The van der Waals surface area contributed by atoms with Gasteiger partial charge in [-0.2, -0.15) is 0 Å². The minimum absolute atomic E-state index is 0.120. The smallest absolute Gasteiger partial charge is 0.293 e. The van der Waals surface area contributed by atoms with E-state index in [1.54, 1.807) is 30.3 Å². The Morgan fingerprint density at radius 2 is 1.80 bits per heavy atom. The third-order valence-corrected chi connectivity index (χ3v) is 7.38. The van der Waals surface area contributed by atoms with Crippen molar-refractivity contribution in [3.8, 4) is 17.2 Å². The van der Waals surface area contributed by atoms with Gasteiger partial charge in [-0.15, -0.1) is 0 Å². The molecule has 1 aliphatic heterocycles. The summed E-state index contributed by atoms with van der Waals surface area (Å²) in [7, 11) is 1.44. The third-order valence-electron chi connectivity index (χ3n) is 6.19. The number of methoxy groups -OCH3 is 1. The molecule has 3 amide bonds. The molecular formula is C31H31ClN2O6S. The first-order chi connectivity index (χ1) is 19.7. The molecule has 1 aliphatic rings. The first kappa shape index (κ1) is 30.0. The highest BCUT2D eigenvalue weighted by molar-refractivity contribution is 8.18. The zero-order valence-electron chi connectivity index (χ0n) is 23.2. The number of para-hydroxylation sites is 1. The quantitative estimate of drug-likeness (QED) is 0.241. The van der Waals surface area contributed by atoms with Crippen LogP contribution in [0.1, 0.15) is 36.5 Å². The van der Waals surface area contributed by atoms with E-state index in [1.165, 1.54) is 12.0 Å². The van der Waals surface area contributed by atoms with Gasteiger partial charge < -0.3 is 19.5 Å². The van der Waals surface area contributed by atoms with Crippen LogP contribution in [0.3, 0.4) is 0 Å². The maximum Gasteiger partial charge on any atom is 0.293 e. The number of hydrogen-bond acceptors (Lipinski definition) is 7. The second-order valence-corrected chi connectivity index (χ2v) is 11.0. The summed E-state index contributed by atoms with van der Waals surface area (Å²) in [5.74, 6) is 0.727. The Balaban J connectivity index is 1.40. The first-order valence-electron chi connectivity index (χ1n) is 13.0. The van der Waals surface area contributed by atoms with E-state index in [2.05, 4.69) is 19.2 Å². The molecule has 0 aromatic heterocycles. The highest BCUT2D eigenvalue weighted by Crippen LogP contribution is 2.39. The van der Waals surface area contributed by atoms with Gasteiger partial charge in [0.05, 0.1) is 23.6 Å². The number of halogens is 1. The van der Waals surface area contributed by atoms with Crippen molar-refractivity contribution in [3.63, 3.8) is 0 Å². The van der Waals surface area contributed by atoms with E-state index in [4.69, 9.17) is 25.8 Å². The summed E-state index contributed by atoms with van der Waals surface area (Å²) in [6.07, 6.45) is 1.57. The highest BCUT2D eigenvalue weighted by Gasteiger charge is 2.35. The number of nitrogens with zero attached hydrogens (tertiary/aromatic N) is 1. The number of rotatable bonds is 11. The van der Waals surface area contributed by atoms with Gasteiger partial charge in [0.2, 0.25) is 0 Å². The molecule has 3 aromatic carbocycles. The van der Waals surface area contributed by atoms with Crippen LogP contribution in [0.5, 0.6) is 17.2 Å². The SMILES string of the molecule is COc1cc(/C=C2\SC(=O)N(CCOc3cc(C)ccc3C(C)C)C2=O)cc(Cl)c1OCC(=O)Nc1ccccc1. The van der Waals surface area contributed by atoms with Gasteiger partial charge in [0, 0.05) is 5.69 Å². The highest BCUT2D eigenvalue weighted by atomic mass is 35.5. The number of hydrogen-bond donors (Lipinski definition) is 1. The van der Waals surface area contributed by atoms with Gasteiger partial charge in [-0.1, -0.05) is 55.8 Å². The number of anilines is 1. The van der Waals surface area contributed by atoms with Crippen molar-refractivity contribution in [3.05, 3.63) is 87.3 Å². The number of benzene rings is 3. The molecule has 0 spiro atoms. The van der Waals surface area contributed by atoms with Gasteiger partial charge in [0.15, 0.2) is 18.1 Å². The standard InChI is InChI=1S/C31H31ClN2O6S/c1-19(2)23-11-10-20(3)14-25(23)39-13-12-34-30(36)27(41-31(34)37)17-21-15-24(32)29(26(16-21)38-4)40-18-28(35)33-22-8-6-5-7-9-22/h5-11,14-17,19H,12-13,18H2,1-4H3,(H,33,35)/b27-17-. The minimum atomic E-state index is -0.412. The Morgan fingerprint density at radius 3 is 2.51 bits per heavy atom. The molecule has 10 heteroatoms. The molecule has 1 saturated heterocycles. The number of carbonyl (C=O) groups excluding carboxylic acids is 3. The van der Waals surface area contributed by atoms with Crippen molar-refractivity contribution in [2.75, 3.05) is 32.2 Å². The zero-order chi connectivity index (χ0) is 29.5. The van der Waals surface area contributed by atoms with Gasteiger partial charge in [0.1, 0.15) is 12.4 Å². The lowest BCUT2D eigenvalue weighted by Crippen LogP contribution is -2.32. The number of ether oxygens (including phenoxy) is 3. The predicted molar refractivity (Wildman–Crippen MR) is 162 cm³/mol. The van der Waals surface area contributed by atoms with Crippen LogP contribution in [-0.4, -0.2) is 48.8 Å². The van der Waals surface area contributed by atoms with Crippen LogP contribution in [0, 0.1) is 6.92 Å². The van der Waals surface area contributed by atoms with Crippen molar-refractivity contribution in [1.82, 2.24) is 4.90 Å². The second-order valence-electron chi connectivity index (χ2n) is 9.61. The van der Waals surface area contributed by atoms with Crippen LogP contribution in [0.2, 0.25) is 5.02 Å². The number of thioether (sulfide) groups is 1. The average Bonchev–Trinajstić information content (AvgIpc) is 3.19. The van der Waals surface area contributed by atoms with Crippen LogP contribution in [0.25, 0.3) is 6.08 Å². The van der Waals surface area contributed by atoms with Crippen molar-refractivity contribution >= 4 is 52.2 Å². The van der Waals surface area contributed by atoms with E-state index < -0.39 is 5.91 Å². The van der Waals surface area contributed by atoms with E-state index >= 15 is 0 Å². The topological polar surface area (TPSA) is 94.2 Å². The van der Waals surface area contributed by atoms with Gasteiger partial charge in [-0.05, 0) is 77.7 Å². The lowest BCUT2D eigenvalue weighted by atomic mass is 10.0. The number of amides is 3. The Bertz CT molecular complexity index is 1470. The monoisotopic (exact) mass is 594 g/mol. The minimum Gasteiger partial charge on any atom is -0.493 e. The maximum absolute atomic E-state index is 13.1. The summed E-state index contributed by atoms with van der Waals surface area (Å²) in [6, 6.07) is 18.2. The van der Waals surface area contributed by atoms with Crippen molar-refractivity contribution in [1.29, 1.82) is 0 Å². The molecule has 1 fully saturated rings. The third kappa shape index (κ3) is 7.62. The molecule has 0 radical (unpaired) electrons. The normalized spacial score (nSPS) is 14.1. The van der Waals surface area contributed by atoms with Crippen LogP contribution in [-0.2, 0) is 9.59 Å². The average molecular weight is 595 g/mol. The Hall–Kier alpha value is -3.95. The molecule has 0 unspecified atom stereocenters. The van der Waals surface area contributed by atoms with Crippen molar-refractivity contribution in [2.24, 2.45) is 0 Å². The Labute approximate surface area is 248 Å². The van der Waals surface area contributed by atoms with E-state index in [0.29, 0.717) is 11.3 Å². The number of carbonyl (C=O) groups is 3. The van der Waals surface area contributed by atoms with Crippen molar-refractivity contribution < 1.29 is 28.6 Å². The predicted octanol–water partition coefficient (Wildman–Crippen LogP) is 6.91. The first-order valence-corrected chi connectivity index (χ1v) is 14.2. The van der Waals surface area contributed by atoms with Gasteiger partial charge in [-0.3, -0.25) is 19.3 Å². The largest absolute Gasteiger partial charge is 0.493 e. The summed E-state index contributed by atoms with van der Waals surface area (Å²) >= 11 is 7.30. The van der Waals surface area contributed by atoms with E-state index in [-0.39, 0.29) is 58.2 Å². The fraction of sp³-hybridized carbons (Fsp3) is 0.258. The fourth-order valence-electron chi connectivity index (χ4n) is 4.15. The summed E-state index contributed by atoms with van der Waals surface area (Å²) in [5, 5.41) is 2.55. The molecule has 1 heterocycles. The van der Waals surface area contributed by atoms with Crippen molar-refractivity contribution in [2.45, 2.75) is 26.7 Å². The molecule has 0 saturated carbocycles. The number of imide groups is 1. The lowest BCUT2D eigenvalue weighted by molar-refractivity contribution is -0.123. The van der Waals surface area contributed by atoms with E-state index in [1.807, 2.05) is 43.3 Å². The molecule has 4 rings (SSSR count). The molecule has 0 bridgehead atoms. The maximum atomic E-state index is 13.1. The van der Waals surface area contributed by atoms with E-state index in [9.17, 15) is 14.4 Å². The van der Waals surface area contributed by atoms with E-state index in [0.717, 1.165) is 28.6 Å². The Morgan fingerprint density at radius 1 is 1.05 bits per heavy atom. The molecule has 8 nitrogen and oxygen atoms in total. The van der Waals surface area contributed by atoms with Crippen LogP contribution < -0.4 is 19.5 Å². The van der Waals surface area contributed by atoms with Crippen LogP contribution in [0.4, 0.5) is 10.5 Å². The van der Waals surface area contributed by atoms with Gasteiger partial charge >= 0.3 is 0 Å². The molecule has 3 aromatic rings. The number of nitrogens with one attached hydrogen (secondary N) is 1. The van der Waals surface area contributed by atoms with Gasteiger partial charge in [-0.25, -0.2) is 0 Å². The second kappa shape index (κ2) is 13.6.